The second kappa shape index (κ2) is 8.80. The minimum Gasteiger partial charge on any atom is -0.332 e. The zero-order chi connectivity index (χ0) is 17.5. The smallest absolute Gasteiger partial charge is 0.254 e. The van der Waals surface area contributed by atoms with E-state index in [1.54, 1.807) is 42.7 Å². The Morgan fingerprint density at radius 3 is 2.29 bits per heavy atom. The van der Waals surface area contributed by atoms with E-state index in [0.717, 1.165) is 15.5 Å². The minimum atomic E-state index is -0.215. The molecular formula is C18H20N2O2S2. The summed E-state index contributed by atoms with van der Waals surface area (Å²) >= 11 is 3.19. The molecule has 2 rings (SSSR count). The quantitative estimate of drug-likeness (QED) is 0.795. The van der Waals surface area contributed by atoms with Gasteiger partial charge in [-0.2, -0.15) is 0 Å². The van der Waals surface area contributed by atoms with Gasteiger partial charge in [0.25, 0.3) is 5.91 Å². The molecular weight excluding hydrogens is 340 g/mol. The molecule has 0 aliphatic heterocycles. The van der Waals surface area contributed by atoms with E-state index in [1.807, 2.05) is 48.9 Å². The van der Waals surface area contributed by atoms with Crippen LogP contribution in [0.2, 0.25) is 0 Å². The SMILES string of the molecule is CSc1ccc(C(=O)N(C)CC(=O)Nc2ccccc2SC)cc1. The number of amides is 2. The predicted octanol–water partition coefficient (Wildman–Crippen LogP) is 3.84. The number of likely N-dealkylation sites (N-methyl/N-ethyl adjacent to an activating group) is 1. The average molecular weight is 361 g/mol. The Kier molecular flexibility index (Phi) is 6.75. The fourth-order valence-electron chi connectivity index (χ4n) is 2.18. The average Bonchev–Trinajstić information content (AvgIpc) is 2.61. The molecule has 0 aromatic heterocycles. The van der Waals surface area contributed by atoms with Gasteiger partial charge in [0.05, 0.1) is 12.2 Å². The van der Waals surface area contributed by atoms with E-state index in [-0.39, 0.29) is 18.4 Å². The molecule has 2 aromatic carbocycles. The molecule has 0 aliphatic carbocycles. The van der Waals surface area contributed by atoms with Gasteiger partial charge in [0.2, 0.25) is 5.91 Å². The van der Waals surface area contributed by atoms with Crippen molar-refractivity contribution in [2.45, 2.75) is 9.79 Å². The Balaban J connectivity index is 1.98. The number of carbonyl (C=O) groups excluding carboxylic acids is 2. The van der Waals surface area contributed by atoms with Crippen molar-refractivity contribution in [1.29, 1.82) is 0 Å². The number of para-hydroxylation sites is 1. The summed E-state index contributed by atoms with van der Waals surface area (Å²) < 4.78 is 0. The molecule has 0 heterocycles. The number of rotatable bonds is 6. The third kappa shape index (κ3) is 4.79. The van der Waals surface area contributed by atoms with Crippen molar-refractivity contribution < 1.29 is 9.59 Å². The van der Waals surface area contributed by atoms with Gasteiger partial charge in [-0.15, -0.1) is 23.5 Å². The lowest BCUT2D eigenvalue weighted by Gasteiger charge is -2.17. The van der Waals surface area contributed by atoms with Crippen LogP contribution in [0.3, 0.4) is 0 Å². The maximum atomic E-state index is 12.4. The number of nitrogens with one attached hydrogen (secondary N) is 1. The Bertz CT molecular complexity index is 717. The molecule has 2 aromatic rings. The van der Waals surface area contributed by atoms with Gasteiger partial charge in [0.15, 0.2) is 0 Å². The molecule has 0 saturated heterocycles. The molecule has 6 heteroatoms. The first-order valence-corrected chi connectivity index (χ1v) is 9.82. The van der Waals surface area contributed by atoms with Crippen LogP contribution in [0.25, 0.3) is 0 Å². The lowest BCUT2D eigenvalue weighted by molar-refractivity contribution is -0.116. The molecule has 24 heavy (non-hydrogen) atoms. The normalized spacial score (nSPS) is 10.3. The molecule has 0 bridgehead atoms. The van der Waals surface area contributed by atoms with Crippen LogP contribution >= 0.6 is 23.5 Å². The molecule has 1 N–H and O–H groups in total. The third-order valence-electron chi connectivity index (χ3n) is 3.45. The molecule has 0 unspecified atom stereocenters. The topological polar surface area (TPSA) is 49.4 Å². The maximum absolute atomic E-state index is 12.4. The summed E-state index contributed by atoms with van der Waals surface area (Å²) in [6.07, 6.45) is 3.94. The number of carbonyl (C=O) groups is 2. The molecule has 126 valence electrons. The number of hydrogen-bond donors (Lipinski definition) is 1. The van der Waals surface area contributed by atoms with Crippen molar-refractivity contribution in [3.63, 3.8) is 0 Å². The summed E-state index contributed by atoms with van der Waals surface area (Å²) in [6.45, 7) is 0.00578. The second-order valence-corrected chi connectivity index (χ2v) is 6.87. The van der Waals surface area contributed by atoms with Crippen LogP contribution in [0.4, 0.5) is 5.69 Å². The third-order valence-corrected chi connectivity index (χ3v) is 4.98. The highest BCUT2D eigenvalue weighted by Gasteiger charge is 2.15. The van der Waals surface area contributed by atoms with Crippen LogP contribution < -0.4 is 5.32 Å². The Hall–Kier alpha value is -1.92. The van der Waals surface area contributed by atoms with Gasteiger partial charge >= 0.3 is 0 Å². The van der Waals surface area contributed by atoms with E-state index >= 15 is 0 Å². The molecule has 0 atom stereocenters. The standard InChI is InChI=1S/C18H20N2O2S2/c1-20(18(22)13-8-10-14(23-2)11-9-13)12-17(21)19-15-6-4-5-7-16(15)24-3/h4-11H,12H2,1-3H3,(H,19,21). The van der Waals surface area contributed by atoms with Crippen LogP contribution in [0.15, 0.2) is 58.3 Å². The largest absolute Gasteiger partial charge is 0.332 e. The van der Waals surface area contributed by atoms with E-state index in [0.29, 0.717) is 5.56 Å². The predicted molar refractivity (Wildman–Crippen MR) is 102 cm³/mol. The zero-order valence-corrected chi connectivity index (χ0v) is 15.5. The summed E-state index contributed by atoms with van der Waals surface area (Å²) in [5.41, 5.74) is 1.34. The molecule has 2 amide bonds. The van der Waals surface area contributed by atoms with Crippen molar-refractivity contribution >= 4 is 41.0 Å². The lowest BCUT2D eigenvalue weighted by Crippen LogP contribution is -2.35. The van der Waals surface area contributed by atoms with E-state index in [9.17, 15) is 9.59 Å². The van der Waals surface area contributed by atoms with E-state index in [1.165, 1.54) is 4.90 Å². The molecule has 0 fully saturated rings. The lowest BCUT2D eigenvalue weighted by atomic mass is 10.2. The second-order valence-electron chi connectivity index (χ2n) is 5.14. The summed E-state index contributed by atoms with van der Waals surface area (Å²) in [5, 5.41) is 2.86. The zero-order valence-electron chi connectivity index (χ0n) is 13.9. The Morgan fingerprint density at radius 2 is 1.67 bits per heavy atom. The fraction of sp³-hybridized carbons (Fsp3) is 0.222. The first-order valence-electron chi connectivity index (χ1n) is 7.37. The number of nitrogens with zero attached hydrogens (tertiary/aromatic N) is 1. The molecule has 0 saturated carbocycles. The van der Waals surface area contributed by atoms with Crippen LogP contribution in [0.1, 0.15) is 10.4 Å². The molecule has 0 aliphatic rings. The van der Waals surface area contributed by atoms with Crippen molar-refractivity contribution in [3.05, 3.63) is 54.1 Å². The molecule has 0 radical (unpaired) electrons. The van der Waals surface area contributed by atoms with Crippen molar-refractivity contribution in [1.82, 2.24) is 4.90 Å². The van der Waals surface area contributed by atoms with Crippen LogP contribution in [-0.2, 0) is 4.79 Å². The Labute approximate surface area is 151 Å². The highest BCUT2D eigenvalue weighted by molar-refractivity contribution is 7.99. The summed E-state index contributed by atoms with van der Waals surface area (Å²) in [4.78, 5) is 28.1. The minimum absolute atomic E-state index is 0.00578. The number of hydrogen-bond acceptors (Lipinski definition) is 4. The van der Waals surface area contributed by atoms with Crippen LogP contribution in [0, 0.1) is 0 Å². The van der Waals surface area contributed by atoms with Gasteiger partial charge in [-0.3, -0.25) is 9.59 Å². The summed E-state index contributed by atoms with van der Waals surface area (Å²) in [7, 11) is 1.63. The fourth-order valence-corrected chi connectivity index (χ4v) is 3.14. The van der Waals surface area contributed by atoms with Crippen molar-refractivity contribution in [2.75, 3.05) is 31.4 Å². The molecule has 4 nitrogen and oxygen atoms in total. The van der Waals surface area contributed by atoms with Gasteiger partial charge in [0, 0.05) is 22.4 Å². The van der Waals surface area contributed by atoms with Gasteiger partial charge < -0.3 is 10.2 Å². The van der Waals surface area contributed by atoms with Crippen LogP contribution in [0.5, 0.6) is 0 Å². The van der Waals surface area contributed by atoms with Gasteiger partial charge in [-0.1, -0.05) is 12.1 Å². The molecule has 0 spiro atoms. The van der Waals surface area contributed by atoms with Crippen LogP contribution in [-0.4, -0.2) is 42.8 Å². The first-order chi connectivity index (χ1) is 11.5. The van der Waals surface area contributed by atoms with Crippen molar-refractivity contribution in [3.8, 4) is 0 Å². The highest BCUT2D eigenvalue weighted by Crippen LogP contribution is 2.24. The Morgan fingerprint density at radius 1 is 1.00 bits per heavy atom. The summed E-state index contributed by atoms with van der Waals surface area (Å²) in [6, 6.07) is 15.0. The van der Waals surface area contributed by atoms with Crippen molar-refractivity contribution in [2.24, 2.45) is 0 Å². The first kappa shape index (κ1) is 18.4. The van der Waals surface area contributed by atoms with Gasteiger partial charge in [0.1, 0.15) is 0 Å². The van der Waals surface area contributed by atoms with E-state index in [2.05, 4.69) is 5.32 Å². The van der Waals surface area contributed by atoms with Gasteiger partial charge in [-0.05, 0) is 48.9 Å². The number of thioether (sulfide) groups is 2. The van der Waals surface area contributed by atoms with Gasteiger partial charge in [-0.25, -0.2) is 0 Å². The monoisotopic (exact) mass is 360 g/mol. The summed E-state index contributed by atoms with van der Waals surface area (Å²) in [5.74, 6) is -0.385. The number of anilines is 1. The highest BCUT2D eigenvalue weighted by atomic mass is 32.2. The van der Waals surface area contributed by atoms with E-state index in [4.69, 9.17) is 0 Å². The maximum Gasteiger partial charge on any atom is 0.254 e. The number of benzene rings is 2. The van der Waals surface area contributed by atoms with E-state index < -0.39 is 0 Å².